The highest BCUT2D eigenvalue weighted by molar-refractivity contribution is 7.93. The first-order valence-electron chi connectivity index (χ1n) is 22.4. The molecule has 10 rings (SSSR count). The van der Waals surface area contributed by atoms with E-state index in [9.17, 15) is 18.2 Å². The molecule has 3 aromatic carbocycles. The molecule has 3 fully saturated rings. The molecule has 4 N–H and O–H groups in total. The molecule has 0 spiro atoms. The Kier molecular flexibility index (Phi) is 10.7. The fraction of sp³-hybridized carbons (Fsp3) is 0.396. The van der Waals surface area contributed by atoms with E-state index in [0.717, 1.165) is 46.4 Å². The van der Waals surface area contributed by atoms with Gasteiger partial charge in [-0.25, -0.2) is 32.4 Å². The van der Waals surface area contributed by atoms with Crippen molar-refractivity contribution in [2.24, 2.45) is 16.6 Å². The molecule has 5 heterocycles. The number of aryl methyl sites for hydroxylation is 2. The number of fused-ring (bicyclic) bond motifs is 1. The molecule has 1 amide bonds. The maximum atomic E-state index is 16.0. The lowest BCUT2D eigenvalue weighted by atomic mass is 9.91. The maximum Gasteiger partial charge on any atom is 0.438 e. The van der Waals surface area contributed by atoms with Crippen molar-refractivity contribution < 1.29 is 27.0 Å². The van der Waals surface area contributed by atoms with Crippen LogP contribution in [0.1, 0.15) is 97.7 Å². The Morgan fingerprint density at radius 1 is 1.00 bits per heavy atom. The summed E-state index contributed by atoms with van der Waals surface area (Å²) in [5, 5.41) is 4.64. The molecule has 344 valence electrons. The number of aromatic amines is 1. The second kappa shape index (κ2) is 16.2. The molecule has 0 radical (unpaired) electrons. The highest BCUT2D eigenvalue weighted by Gasteiger charge is 2.59. The standard InChI is InChI=1S/C48H51F2N9O6S/c1-26-20-33(21-27(2)42(26)50)53-43(58-17-16-57(47(58)62)39-11-9-35(24-36(39)49)66(52,63)34-6-5-7-34)41-29(4)56(15-12-37(41)51)44(60)40-23-32-22-31(30-13-18-64-19-14-30)8-10-38(32)59(40)48(25-28(48)3)45-54-46(61)65-55-45/h8-11,16-17,20-24,28-30,34,52H,5-7,12-15,18-19,25,51H2,1-4H3,(H,54,55,61)/t28-,29-,48-,66-/m0/s1. The lowest BCUT2D eigenvalue weighted by Crippen LogP contribution is -2.49. The molecular weight excluding hydrogens is 869 g/mol. The topological polar surface area (TPSA) is 200 Å². The van der Waals surface area contributed by atoms with Gasteiger partial charge in [0.25, 0.3) is 5.91 Å². The quantitative estimate of drug-likeness (QED) is 0.0977. The number of nitrogens with two attached hydrogens (primary N) is 1. The Balaban J connectivity index is 1.08. The van der Waals surface area contributed by atoms with Gasteiger partial charge in [0.2, 0.25) is 0 Å². The van der Waals surface area contributed by atoms with Crippen LogP contribution in [0.4, 0.5) is 14.5 Å². The molecule has 66 heavy (non-hydrogen) atoms. The lowest BCUT2D eigenvalue weighted by Gasteiger charge is -2.37. The zero-order chi connectivity index (χ0) is 46.4. The van der Waals surface area contributed by atoms with Crippen molar-refractivity contribution >= 4 is 38.1 Å². The fourth-order valence-electron chi connectivity index (χ4n) is 10.3. The first-order valence-corrected chi connectivity index (χ1v) is 24.0. The van der Waals surface area contributed by atoms with Crippen molar-refractivity contribution in [3.8, 4) is 5.69 Å². The molecule has 15 nitrogen and oxygen atoms in total. The highest BCUT2D eigenvalue weighted by atomic mass is 32.2. The predicted octanol–water partition coefficient (Wildman–Crippen LogP) is 7.53. The second-order valence-electron chi connectivity index (χ2n) is 18.3. The van der Waals surface area contributed by atoms with Crippen LogP contribution in [0.5, 0.6) is 0 Å². The van der Waals surface area contributed by atoms with Crippen molar-refractivity contribution in [3.63, 3.8) is 0 Å². The SMILES string of the molecule is Cc1cc(N=C(C2=C(N)CCN(C(=O)c3cc4cc(C5CCOCC5)ccc4n3[C@@]3(c4noc(=O)[nH]4)C[C@@H]3C)[C@H]2C)n2ccn(-c3ccc([S@@](=N)(=O)C4CCC4)cc3F)c2=O)cc(C)c1F. The van der Waals surface area contributed by atoms with Crippen LogP contribution in [0.25, 0.3) is 16.6 Å². The Bertz CT molecular complexity index is 3240. The van der Waals surface area contributed by atoms with Crippen molar-refractivity contribution in [1.29, 1.82) is 4.78 Å². The molecule has 0 bridgehead atoms. The van der Waals surface area contributed by atoms with E-state index >= 15 is 9.18 Å². The minimum atomic E-state index is -3.24. The summed E-state index contributed by atoms with van der Waals surface area (Å²) >= 11 is 0. The summed E-state index contributed by atoms with van der Waals surface area (Å²) in [5.74, 6) is -1.64. The van der Waals surface area contributed by atoms with E-state index in [-0.39, 0.29) is 46.5 Å². The Morgan fingerprint density at radius 2 is 1.73 bits per heavy atom. The average Bonchev–Trinajstić information content (AvgIpc) is 3.58. The number of aliphatic imine (C=N–C) groups is 1. The third kappa shape index (κ3) is 7.07. The number of carbonyl (C=O) groups is 1. The molecular formula is C48H51F2N9O6S. The van der Waals surface area contributed by atoms with E-state index < -0.39 is 44.4 Å². The van der Waals surface area contributed by atoms with Crippen LogP contribution in [0.3, 0.4) is 0 Å². The minimum Gasteiger partial charge on any atom is -0.402 e. The van der Waals surface area contributed by atoms with Gasteiger partial charge < -0.3 is 19.9 Å². The number of benzene rings is 3. The van der Waals surface area contributed by atoms with Crippen molar-refractivity contribution in [1.82, 2.24) is 28.7 Å². The number of nitrogens with one attached hydrogen (secondary N) is 2. The van der Waals surface area contributed by atoms with E-state index in [1.165, 1.54) is 29.1 Å². The predicted molar refractivity (Wildman–Crippen MR) is 244 cm³/mol. The number of ether oxygens (including phenoxy) is 1. The molecule has 0 unspecified atom stereocenters. The second-order valence-corrected chi connectivity index (χ2v) is 20.7. The largest absolute Gasteiger partial charge is 0.438 e. The summed E-state index contributed by atoms with van der Waals surface area (Å²) in [6, 6.07) is 14.3. The Morgan fingerprint density at radius 3 is 2.36 bits per heavy atom. The van der Waals surface area contributed by atoms with Gasteiger partial charge >= 0.3 is 11.4 Å². The number of H-pyrrole nitrogens is 1. The van der Waals surface area contributed by atoms with Crippen molar-refractivity contribution in [3.05, 3.63) is 139 Å². The number of hydrogen-bond acceptors (Lipinski definition) is 10. The van der Waals surface area contributed by atoms with Gasteiger partial charge in [-0.05, 0) is 130 Å². The molecule has 3 aromatic heterocycles. The van der Waals surface area contributed by atoms with Gasteiger partial charge in [-0.3, -0.25) is 23.4 Å². The van der Waals surface area contributed by atoms with Crippen LogP contribution >= 0.6 is 0 Å². The molecule has 2 aliphatic carbocycles. The molecule has 4 atom stereocenters. The molecule has 4 aliphatic rings. The number of imidazole rings is 1. The monoisotopic (exact) mass is 919 g/mol. The van der Waals surface area contributed by atoms with E-state index in [1.807, 2.05) is 23.6 Å². The normalized spacial score (nSPS) is 22.8. The number of carbonyl (C=O) groups excluding carboxylic acids is 1. The third-order valence-corrected chi connectivity index (χ3v) is 16.7. The fourth-order valence-corrected chi connectivity index (χ4v) is 12.2. The Hall–Kier alpha value is -6.40. The molecule has 6 aromatic rings. The van der Waals surface area contributed by atoms with Crippen LogP contribution in [0, 0.1) is 36.2 Å². The van der Waals surface area contributed by atoms with Gasteiger partial charge in [0.05, 0.1) is 32.0 Å². The number of hydrogen-bond donors (Lipinski definition) is 3. The zero-order valence-corrected chi connectivity index (χ0v) is 37.9. The van der Waals surface area contributed by atoms with Crippen LogP contribution < -0.4 is 17.2 Å². The summed E-state index contributed by atoms with van der Waals surface area (Å²) in [6.45, 7) is 8.61. The third-order valence-electron chi connectivity index (χ3n) is 14.3. The average molecular weight is 920 g/mol. The summed E-state index contributed by atoms with van der Waals surface area (Å²) < 4.78 is 67.8. The number of nitrogens with zero attached hydrogens (tertiary/aromatic N) is 6. The van der Waals surface area contributed by atoms with E-state index in [0.29, 0.717) is 78.0 Å². The summed E-state index contributed by atoms with van der Waals surface area (Å²) in [7, 11) is -3.24. The van der Waals surface area contributed by atoms with Crippen LogP contribution in [0.2, 0.25) is 0 Å². The molecule has 1 saturated heterocycles. The minimum absolute atomic E-state index is 0.0300. The molecule has 18 heteroatoms. The molecule has 2 aliphatic heterocycles. The van der Waals surface area contributed by atoms with Crippen LogP contribution in [-0.4, -0.2) is 75.7 Å². The van der Waals surface area contributed by atoms with E-state index in [2.05, 4.69) is 22.3 Å². The maximum absolute atomic E-state index is 16.0. The smallest absolute Gasteiger partial charge is 0.402 e. The number of halogens is 2. The number of rotatable bonds is 9. The van der Waals surface area contributed by atoms with Gasteiger partial charge in [0.1, 0.15) is 28.7 Å². The van der Waals surface area contributed by atoms with Crippen molar-refractivity contribution in [2.75, 3.05) is 19.8 Å². The first-order chi connectivity index (χ1) is 31.6. The summed E-state index contributed by atoms with van der Waals surface area (Å²) in [6.07, 6.45) is 7.49. The van der Waals surface area contributed by atoms with Gasteiger partial charge in [0, 0.05) is 66.0 Å². The zero-order valence-electron chi connectivity index (χ0n) is 37.1. The lowest BCUT2D eigenvalue weighted by molar-refractivity contribution is 0.0697. The number of aromatic nitrogens is 5. The van der Waals surface area contributed by atoms with Gasteiger partial charge in [-0.1, -0.05) is 24.6 Å². The first kappa shape index (κ1) is 43.5. The Labute approximate surface area is 378 Å². The van der Waals surface area contributed by atoms with Crippen LogP contribution in [0.15, 0.2) is 102 Å². The van der Waals surface area contributed by atoms with Gasteiger partial charge in [-0.15, -0.1) is 0 Å². The van der Waals surface area contributed by atoms with E-state index in [1.54, 1.807) is 37.8 Å². The highest BCUT2D eigenvalue weighted by Crippen LogP contribution is 2.56. The van der Waals surface area contributed by atoms with Gasteiger partial charge in [-0.2, -0.15) is 0 Å². The van der Waals surface area contributed by atoms with Crippen LogP contribution in [-0.2, 0) is 20.0 Å². The van der Waals surface area contributed by atoms with E-state index in [4.69, 9.17) is 24.8 Å². The summed E-state index contributed by atoms with van der Waals surface area (Å²) in [4.78, 5) is 51.9. The van der Waals surface area contributed by atoms with Crippen molar-refractivity contribution in [2.45, 2.75) is 100 Å². The summed E-state index contributed by atoms with van der Waals surface area (Å²) in [5.41, 5.74) is 9.15. The molecule has 2 saturated carbocycles. The number of amides is 1. The van der Waals surface area contributed by atoms with Gasteiger partial charge in [0.15, 0.2) is 5.82 Å².